The van der Waals surface area contributed by atoms with E-state index in [1.165, 1.54) is 33.4 Å². The first-order valence-corrected chi connectivity index (χ1v) is 32.9. The molecule has 0 saturated carbocycles. The van der Waals surface area contributed by atoms with Gasteiger partial charge in [-0.15, -0.1) is 0 Å². The molecule has 4 fully saturated rings. The van der Waals surface area contributed by atoms with E-state index in [0.29, 0.717) is 18.8 Å². The quantitative estimate of drug-likeness (QED) is 0.0926. The number of benzene rings is 7. The van der Waals surface area contributed by atoms with Crippen molar-refractivity contribution in [3.05, 3.63) is 179 Å². The van der Waals surface area contributed by atoms with Gasteiger partial charge in [0.25, 0.3) is 0 Å². The van der Waals surface area contributed by atoms with Gasteiger partial charge in [-0.3, -0.25) is 0 Å². The first-order chi connectivity index (χ1) is 42.1. The van der Waals surface area contributed by atoms with Gasteiger partial charge in [0.2, 0.25) is 0 Å². The predicted octanol–water partition coefficient (Wildman–Crippen LogP) is 16.0. The number of fused-ring (bicyclic) bond motifs is 3. The van der Waals surface area contributed by atoms with Crippen LogP contribution in [0.3, 0.4) is 0 Å². The lowest BCUT2D eigenvalue weighted by Gasteiger charge is -2.42. The minimum atomic E-state index is -0.667. The van der Waals surface area contributed by atoms with Crippen LogP contribution in [0.25, 0.3) is 11.1 Å². The SMILES string of the molecule is CCC(C)c1ccc(N(c2ccc(B3OC(C)(C)C(C)(C)O3)cc2)c2ccc(B3OC(C)(C)C(C)(CCC4(C)OB(c5ccc(N(c6ccc(B7OC(C)(C)C(C)(C)O7)c(C)c6)c6ccc7c(c6)C(C)(C)c6cc(C)ccc6-7)cc5C)OC4(C)C)O3)cc2)cc1. The Hall–Kier alpha value is -5.92. The molecule has 10 nitrogen and oxygen atoms in total. The molecule has 5 aliphatic rings. The summed E-state index contributed by atoms with van der Waals surface area (Å²) < 4.78 is 54.3. The summed E-state index contributed by atoms with van der Waals surface area (Å²) in [7, 11) is -2.07. The van der Waals surface area contributed by atoms with Crippen molar-refractivity contribution in [3.8, 4) is 11.1 Å². The summed E-state index contributed by atoms with van der Waals surface area (Å²) in [5.74, 6) is 0.472. The molecule has 4 aliphatic heterocycles. The molecule has 0 N–H and O–H groups in total. The van der Waals surface area contributed by atoms with Crippen molar-refractivity contribution in [2.24, 2.45) is 0 Å². The molecule has 7 aromatic rings. The summed E-state index contributed by atoms with van der Waals surface area (Å²) in [5.41, 5.74) is 15.8. The molecule has 4 saturated heterocycles. The highest BCUT2D eigenvalue weighted by molar-refractivity contribution is 6.64. The smallest absolute Gasteiger partial charge is 0.399 e. The molecule has 0 amide bonds. The van der Waals surface area contributed by atoms with E-state index >= 15 is 0 Å². The fraction of sp³-hybridized carbons (Fsp3) is 0.447. The van der Waals surface area contributed by atoms with Gasteiger partial charge in [0, 0.05) is 39.5 Å². The zero-order valence-electron chi connectivity index (χ0n) is 57.5. The standard InChI is InChI=1S/C76H94B4N2O8/c1-22-50(3)53-24-30-56(31-25-53)81(57-32-26-54(27-33-57)77-83-69(8,9)70(10,11)84-77)58-34-28-55(29-35-58)78-87-73(16,17)75(20,89-78)43-44-76(21)74(18,19)88-80(90-76)67-42-38-60(47-52(67)5)82(59-37-41-66(51(4)46-59)79-85-71(12,13)72(14,15)86-79)61-36-40-63-62-39-23-49(2)45-64(62)68(6,7)65(63)48-61/h23-42,45-48,50H,22,43-44H2,1-21H3. The van der Waals surface area contributed by atoms with Crippen LogP contribution in [-0.4, -0.2) is 73.3 Å². The van der Waals surface area contributed by atoms with Crippen molar-refractivity contribution >= 4 is 84.4 Å². The third-order valence-electron chi connectivity index (χ3n) is 22.5. The zero-order valence-corrected chi connectivity index (χ0v) is 57.5. The largest absolute Gasteiger partial charge is 0.495 e. The highest BCUT2D eigenvalue weighted by Crippen LogP contribution is 2.52. The van der Waals surface area contributed by atoms with E-state index in [-0.39, 0.29) is 5.41 Å². The molecule has 14 heteroatoms. The van der Waals surface area contributed by atoms with Gasteiger partial charge in [-0.25, -0.2) is 0 Å². The number of rotatable bonds is 15. The first-order valence-electron chi connectivity index (χ1n) is 32.9. The molecule has 0 radical (unpaired) electrons. The van der Waals surface area contributed by atoms with E-state index in [9.17, 15) is 0 Å². The summed E-state index contributed by atoms with van der Waals surface area (Å²) in [4.78, 5) is 4.68. The van der Waals surface area contributed by atoms with Gasteiger partial charge in [-0.2, -0.15) is 0 Å². The number of aryl methyl sites for hydroxylation is 3. The maximum Gasteiger partial charge on any atom is 0.495 e. The summed E-state index contributed by atoms with van der Waals surface area (Å²) in [6.07, 6.45) is 2.43. The molecule has 1 aliphatic carbocycles. The van der Waals surface area contributed by atoms with Crippen LogP contribution in [0.5, 0.6) is 0 Å². The maximum absolute atomic E-state index is 7.21. The molecule has 3 atom stereocenters. The third kappa shape index (κ3) is 11.0. The second-order valence-electron chi connectivity index (χ2n) is 30.5. The fourth-order valence-electron chi connectivity index (χ4n) is 13.7. The molecule has 90 heavy (non-hydrogen) atoms. The molecular formula is C76H94B4N2O8. The molecular weight excluding hydrogens is 1110 g/mol. The average Bonchev–Trinajstić information content (AvgIpc) is 1.59. The van der Waals surface area contributed by atoms with Gasteiger partial charge in [-0.1, -0.05) is 106 Å². The minimum Gasteiger partial charge on any atom is -0.399 e. The van der Waals surface area contributed by atoms with E-state index in [1.54, 1.807) is 0 Å². The normalized spacial score (nSPS) is 23.3. The van der Waals surface area contributed by atoms with E-state index in [4.69, 9.17) is 37.2 Å². The molecule has 4 heterocycles. The maximum atomic E-state index is 7.21. The van der Waals surface area contributed by atoms with Gasteiger partial charge in [-0.05, 0) is 276 Å². The van der Waals surface area contributed by atoms with Gasteiger partial charge >= 0.3 is 28.5 Å². The first kappa shape index (κ1) is 64.2. The summed E-state index contributed by atoms with van der Waals surface area (Å²) in [5, 5.41) is 0. The van der Waals surface area contributed by atoms with E-state index in [2.05, 4.69) is 301 Å². The van der Waals surface area contributed by atoms with Crippen molar-refractivity contribution in [1.29, 1.82) is 0 Å². The Morgan fingerprint density at radius 3 is 1.14 bits per heavy atom. The molecule has 7 aromatic carbocycles. The second kappa shape index (κ2) is 22.4. The van der Waals surface area contributed by atoms with Crippen LogP contribution in [0.15, 0.2) is 146 Å². The Bertz CT molecular complexity index is 3830. The molecule has 0 bridgehead atoms. The Balaban J connectivity index is 0.778. The predicted molar refractivity (Wildman–Crippen MR) is 373 cm³/mol. The number of hydrogen-bond donors (Lipinski definition) is 0. The Kier molecular flexibility index (Phi) is 16.0. The van der Waals surface area contributed by atoms with Crippen molar-refractivity contribution in [2.45, 2.75) is 221 Å². The number of anilines is 6. The molecule has 468 valence electrons. The topological polar surface area (TPSA) is 80.3 Å². The van der Waals surface area contributed by atoms with Crippen molar-refractivity contribution in [1.82, 2.24) is 0 Å². The van der Waals surface area contributed by atoms with Crippen molar-refractivity contribution in [2.75, 3.05) is 9.80 Å². The lowest BCUT2D eigenvalue weighted by molar-refractivity contribution is -0.0576. The molecule has 12 rings (SSSR count). The monoisotopic (exact) mass is 1210 g/mol. The summed E-state index contributed by atoms with van der Waals surface area (Å²) in [6.45, 7) is 45.5. The highest BCUT2D eigenvalue weighted by atomic mass is 16.7. The van der Waals surface area contributed by atoms with Crippen LogP contribution in [0.4, 0.5) is 34.1 Å². The van der Waals surface area contributed by atoms with Crippen LogP contribution >= 0.6 is 0 Å². The molecule has 3 unspecified atom stereocenters. The lowest BCUT2D eigenvalue weighted by Crippen LogP contribution is -2.50. The second-order valence-corrected chi connectivity index (χ2v) is 30.5. The number of nitrogens with zero attached hydrogens (tertiary/aromatic N) is 2. The molecule has 0 aromatic heterocycles. The van der Waals surface area contributed by atoms with Gasteiger partial charge in [0.05, 0.1) is 44.8 Å². The van der Waals surface area contributed by atoms with E-state index < -0.39 is 73.3 Å². The van der Waals surface area contributed by atoms with Crippen molar-refractivity contribution in [3.63, 3.8) is 0 Å². The lowest BCUT2D eigenvalue weighted by atomic mass is 9.75. The fourth-order valence-corrected chi connectivity index (χ4v) is 13.7. The Morgan fingerprint density at radius 2 is 0.689 bits per heavy atom. The Labute approximate surface area is 539 Å². The Morgan fingerprint density at radius 1 is 0.356 bits per heavy atom. The van der Waals surface area contributed by atoms with Gasteiger partial charge in [0.15, 0.2) is 0 Å². The van der Waals surface area contributed by atoms with E-state index in [1.807, 2.05) is 0 Å². The summed E-state index contributed by atoms with van der Waals surface area (Å²) in [6, 6.07) is 53.3. The van der Waals surface area contributed by atoms with Crippen LogP contribution in [0.2, 0.25) is 0 Å². The zero-order chi connectivity index (χ0) is 64.7. The van der Waals surface area contributed by atoms with Crippen LogP contribution < -0.4 is 31.7 Å². The molecule has 0 spiro atoms. The third-order valence-corrected chi connectivity index (χ3v) is 22.5. The van der Waals surface area contributed by atoms with Crippen LogP contribution in [0, 0.1) is 20.8 Å². The highest BCUT2D eigenvalue weighted by Gasteiger charge is 2.60. The minimum absolute atomic E-state index is 0.179. The van der Waals surface area contributed by atoms with Gasteiger partial charge in [0.1, 0.15) is 0 Å². The summed E-state index contributed by atoms with van der Waals surface area (Å²) >= 11 is 0. The van der Waals surface area contributed by atoms with Gasteiger partial charge < -0.3 is 47.0 Å². The van der Waals surface area contributed by atoms with Crippen molar-refractivity contribution < 1.29 is 37.2 Å². The average molecular weight is 1210 g/mol. The number of hydrogen-bond acceptors (Lipinski definition) is 10. The van der Waals surface area contributed by atoms with Crippen LogP contribution in [-0.2, 0) is 42.6 Å². The van der Waals surface area contributed by atoms with E-state index in [0.717, 1.165) is 73.5 Å². The van der Waals surface area contributed by atoms with Crippen LogP contribution in [0.1, 0.15) is 183 Å².